The Bertz CT molecular complexity index is 931. The molecule has 0 radical (unpaired) electrons. The Hall–Kier alpha value is -1.82. The summed E-state index contributed by atoms with van der Waals surface area (Å²) in [5.74, 6) is 0. The first-order chi connectivity index (χ1) is 13.5. The lowest BCUT2D eigenvalue weighted by atomic mass is 9.92. The van der Waals surface area contributed by atoms with Crippen molar-refractivity contribution < 1.29 is 5.11 Å². The van der Waals surface area contributed by atoms with E-state index in [0.29, 0.717) is 13.1 Å². The molecule has 4 rings (SSSR count). The van der Waals surface area contributed by atoms with E-state index in [1.807, 2.05) is 49.4 Å². The molecule has 3 nitrogen and oxygen atoms in total. The maximum absolute atomic E-state index is 11.9. The van der Waals surface area contributed by atoms with Crippen LogP contribution in [0.2, 0.25) is 0 Å². The molecule has 0 saturated carbocycles. The van der Waals surface area contributed by atoms with Gasteiger partial charge in [0.15, 0.2) is 5.72 Å². The van der Waals surface area contributed by atoms with E-state index in [-0.39, 0.29) is 6.04 Å². The second kappa shape index (κ2) is 7.90. The van der Waals surface area contributed by atoms with E-state index in [9.17, 15) is 5.11 Å². The summed E-state index contributed by atoms with van der Waals surface area (Å²) in [6.07, 6.45) is 0.607. The van der Waals surface area contributed by atoms with Gasteiger partial charge in [0.05, 0.1) is 6.67 Å². The topological polar surface area (TPSA) is 26.7 Å². The molecule has 2 unspecified atom stereocenters. The number of nitrogens with zero attached hydrogens (tertiary/aromatic N) is 2. The van der Waals surface area contributed by atoms with Crippen LogP contribution in [0.25, 0.3) is 0 Å². The molecule has 1 fully saturated rings. The van der Waals surface area contributed by atoms with Crippen molar-refractivity contribution in [2.45, 2.75) is 25.1 Å². The lowest BCUT2D eigenvalue weighted by Gasteiger charge is -2.38. The third-order valence-corrected chi connectivity index (χ3v) is 6.50. The van der Waals surface area contributed by atoms with Crippen LogP contribution in [0.5, 0.6) is 0 Å². The van der Waals surface area contributed by atoms with Crippen molar-refractivity contribution in [2.24, 2.45) is 0 Å². The molecular formula is C23H22Br2N2O. The fraction of sp³-hybridized carbons (Fsp3) is 0.217. The fourth-order valence-corrected chi connectivity index (χ4v) is 4.54. The maximum Gasteiger partial charge on any atom is 0.163 e. The van der Waals surface area contributed by atoms with E-state index in [0.717, 1.165) is 25.9 Å². The molecule has 0 spiro atoms. The Labute approximate surface area is 182 Å². The highest BCUT2D eigenvalue weighted by Gasteiger charge is 2.51. The summed E-state index contributed by atoms with van der Waals surface area (Å²) in [6, 6.07) is 26.5. The zero-order valence-corrected chi connectivity index (χ0v) is 18.8. The van der Waals surface area contributed by atoms with Crippen LogP contribution < -0.4 is 9.80 Å². The van der Waals surface area contributed by atoms with Gasteiger partial charge in [0.2, 0.25) is 0 Å². The standard InChI is InChI=1S/C23H22Br2N2O/c1-2-23(28)22(17-6-4-3-5-7-17)26(20-12-8-18(24)9-13-20)16-27(23)21-14-10-19(25)11-15-21/h3-15,22,28H,2,16H2,1H3. The number of aliphatic hydroxyl groups is 1. The second-order valence-corrected chi connectivity index (χ2v) is 8.87. The van der Waals surface area contributed by atoms with Gasteiger partial charge in [-0.25, -0.2) is 0 Å². The molecule has 1 heterocycles. The monoisotopic (exact) mass is 500 g/mol. The molecule has 2 atom stereocenters. The van der Waals surface area contributed by atoms with Gasteiger partial charge >= 0.3 is 0 Å². The van der Waals surface area contributed by atoms with Crippen molar-refractivity contribution >= 4 is 43.2 Å². The highest BCUT2D eigenvalue weighted by atomic mass is 79.9. The average Bonchev–Trinajstić information content (AvgIpc) is 3.03. The van der Waals surface area contributed by atoms with Gasteiger partial charge in [-0.15, -0.1) is 0 Å². The zero-order valence-electron chi connectivity index (χ0n) is 15.6. The van der Waals surface area contributed by atoms with Crippen molar-refractivity contribution in [1.29, 1.82) is 0 Å². The van der Waals surface area contributed by atoms with Crippen molar-refractivity contribution in [3.8, 4) is 0 Å². The third-order valence-electron chi connectivity index (χ3n) is 5.44. The number of benzene rings is 3. The minimum Gasteiger partial charge on any atom is -0.368 e. The maximum atomic E-state index is 11.9. The Morgan fingerprint density at radius 3 is 1.93 bits per heavy atom. The molecule has 0 amide bonds. The molecule has 3 aromatic carbocycles. The number of anilines is 2. The molecule has 0 aliphatic carbocycles. The molecule has 1 N–H and O–H groups in total. The fourth-order valence-electron chi connectivity index (χ4n) is 4.01. The van der Waals surface area contributed by atoms with Crippen LogP contribution in [0.1, 0.15) is 24.9 Å². The molecule has 3 aromatic rings. The molecular weight excluding hydrogens is 480 g/mol. The lowest BCUT2D eigenvalue weighted by Crippen LogP contribution is -2.47. The van der Waals surface area contributed by atoms with Gasteiger partial charge in [-0.1, -0.05) is 69.1 Å². The first kappa shape index (κ1) is 19.5. The number of hydrogen-bond donors (Lipinski definition) is 1. The number of halogens is 2. The van der Waals surface area contributed by atoms with Crippen LogP contribution in [0.4, 0.5) is 11.4 Å². The molecule has 1 aliphatic heterocycles. The summed E-state index contributed by atoms with van der Waals surface area (Å²) in [6.45, 7) is 2.65. The van der Waals surface area contributed by atoms with Crippen molar-refractivity contribution in [2.75, 3.05) is 16.5 Å². The van der Waals surface area contributed by atoms with Crippen LogP contribution in [0.3, 0.4) is 0 Å². The first-order valence-electron chi connectivity index (χ1n) is 9.35. The molecule has 144 valence electrons. The third kappa shape index (κ3) is 3.47. The van der Waals surface area contributed by atoms with E-state index in [2.05, 4.69) is 78.1 Å². The summed E-state index contributed by atoms with van der Waals surface area (Å²) in [5, 5.41) is 11.9. The SMILES string of the molecule is CCC1(O)C(c2ccccc2)N(c2ccc(Br)cc2)CN1c1ccc(Br)cc1. The Morgan fingerprint density at radius 1 is 0.857 bits per heavy atom. The van der Waals surface area contributed by atoms with Crippen LogP contribution >= 0.6 is 31.9 Å². The molecule has 5 heteroatoms. The van der Waals surface area contributed by atoms with E-state index < -0.39 is 5.72 Å². The summed E-state index contributed by atoms with van der Waals surface area (Å²) < 4.78 is 2.07. The van der Waals surface area contributed by atoms with E-state index in [1.165, 1.54) is 0 Å². The second-order valence-electron chi connectivity index (χ2n) is 7.04. The Kier molecular flexibility index (Phi) is 5.50. The largest absolute Gasteiger partial charge is 0.368 e. The highest BCUT2D eigenvalue weighted by Crippen LogP contribution is 2.47. The average molecular weight is 502 g/mol. The van der Waals surface area contributed by atoms with E-state index >= 15 is 0 Å². The Balaban J connectivity index is 1.84. The molecule has 1 saturated heterocycles. The minimum absolute atomic E-state index is 0.177. The Morgan fingerprint density at radius 2 is 1.39 bits per heavy atom. The molecule has 1 aliphatic rings. The van der Waals surface area contributed by atoms with Gasteiger partial charge in [0, 0.05) is 20.3 Å². The van der Waals surface area contributed by atoms with E-state index in [1.54, 1.807) is 0 Å². The smallest absolute Gasteiger partial charge is 0.163 e. The van der Waals surface area contributed by atoms with Crippen LogP contribution in [-0.4, -0.2) is 17.5 Å². The summed E-state index contributed by atoms with van der Waals surface area (Å²) in [7, 11) is 0. The van der Waals surface area contributed by atoms with Crippen LogP contribution in [-0.2, 0) is 0 Å². The highest BCUT2D eigenvalue weighted by molar-refractivity contribution is 9.10. The molecule has 0 bridgehead atoms. The normalized spacial score (nSPS) is 21.9. The van der Waals surface area contributed by atoms with Crippen LogP contribution in [0.15, 0.2) is 87.8 Å². The van der Waals surface area contributed by atoms with Gasteiger partial charge in [-0.2, -0.15) is 0 Å². The summed E-state index contributed by atoms with van der Waals surface area (Å²) in [4.78, 5) is 4.40. The zero-order chi connectivity index (χ0) is 19.7. The minimum atomic E-state index is -1.03. The number of rotatable bonds is 4. The lowest BCUT2D eigenvalue weighted by molar-refractivity contribution is 0.0295. The van der Waals surface area contributed by atoms with Crippen molar-refractivity contribution in [1.82, 2.24) is 0 Å². The predicted molar refractivity (Wildman–Crippen MR) is 123 cm³/mol. The number of hydrogen-bond acceptors (Lipinski definition) is 3. The van der Waals surface area contributed by atoms with Crippen molar-refractivity contribution in [3.05, 3.63) is 93.4 Å². The van der Waals surface area contributed by atoms with Gasteiger partial charge in [-0.3, -0.25) is 0 Å². The summed E-state index contributed by atoms with van der Waals surface area (Å²) in [5.41, 5.74) is 2.17. The van der Waals surface area contributed by atoms with Gasteiger partial charge in [-0.05, 0) is 60.5 Å². The first-order valence-corrected chi connectivity index (χ1v) is 10.9. The van der Waals surface area contributed by atoms with Gasteiger partial charge in [0.1, 0.15) is 6.04 Å². The van der Waals surface area contributed by atoms with Crippen molar-refractivity contribution in [3.63, 3.8) is 0 Å². The quantitative estimate of drug-likeness (QED) is 0.452. The predicted octanol–water partition coefficient (Wildman–Crippen LogP) is 6.34. The van der Waals surface area contributed by atoms with E-state index in [4.69, 9.17) is 0 Å². The molecule has 28 heavy (non-hydrogen) atoms. The van der Waals surface area contributed by atoms with Gasteiger partial charge < -0.3 is 14.9 Å². The molecule has 0 aromatic heterocycles. The van der Waals surface area contributed by atoms with Gasteiger partial charge in [0.25, 0.3) is 0 Å². The van der Waals surface area contributed by atoms with Crippen LogP contribution in [0, 0.1) is 0 Å². The summed E-state index contributed by atoms with van der Waals surface area (Å²) >= 11 is 7.03.